The van der Waals surface area contributed by atoms with Gasteiger partial charge in [-0.15, -0.1) is 13.2 Å². The van der Waals surface area contributed by atoms with E-state index in [0.29, 0.717) is 29.9 Å². The molecule has 1 saturated heterocycles. The van der Waals surface area contributed by atoms with Crippen LogP contribution in [0.2, 0.25) is 0 Å². The monoisotopic (exact) mass is 486 g/mol. The minimum Gasteiger partial charge on any atom is -0.481 e. The second kappa shape index (κ2) is 9.22. The number of ether oxygens (including phenoxy) is 1. The maximum atomic E-state index is 13.4. The molecule has 11 heteroatoms. The molecule has 3 rings (SSSR count). The Labute approximate surface area is 190 Å². The molecule has 7 nitrogen and oxygen atoms in total. The number of halogens is 3. The van der Waals surface area contributed by atoms with Gasteiger partial charge in [0.1, 0.15) is 5.75 Å². The van der Waals surface area contributed by atoms with Crippen molar-refractivity contribution < 1.29 is 36.2 Å². The average molecular weight is 487 g/mol. The van der Waals surface area contributed by atoms with Crippen LogP contribution in [0.5, 0.6) is 5.75 Å². The first-order valence-corrected chi connectivity index (χ1v) is 11.7. The van der Waals surface area contributed by atoms with Gasteiger partial charge in [-0.05, 0) is 68.3 Å². The number of rotatable bonds is 6. The number of alkyl halides is 3. The summed E-state index contributed by atoms with van der Waals surface area (Å²) in [5, 5.41) is 9.10. The summed E-state index contributed by atoms with van der Waals surface area (Å²) < 4.78 is 69.3. The number of carbonyl (C=O) groups is 1. The van der Waals surface area contributed by atoms with E-state index in [1.165, 1.54) is 40.7 Å². The van der Waals surface area contributed by atoms with Gasteiger partial charge in [0.2, 0.25) is 10.0 Å². The van der Waals surface area contributed by atoms with E-state index in [1.54, 1.807) is 26.8 Å². The zero-order valence-corrected chi connectivity index (χ0v) is 19.2. The molecule has 0 amide bonds. The van der Waals surface area contributed by atoms with Crippen LogP contribution in [0.3, 0.4) is 0 Å². The summed E-state index contributed by atoms with van der Waals surface area (Å²) in [6.45, 7) is 5.90. The third-order valence-corrected chi connectivity index (χ3v) is 7.64. The highest BCUT2D eigenvalue weighted by Gasteiger charge is 2.39. The second-order valence-corrected chi connectivity index (χ2v) is 9.98. The number of hydrogen-bond acceptors (Lipinski definition) is 5. The lowest BCUT2D eigenvalue weighted by atomic mass is 10.1. The molecular formula is C22H25F3N2O5S. The molecule has 0 bridgehead atoms. The van der Waals surface area contributed by atoms with Crippen molar-refractivity contribution in [2.45, 2.75) is 50.5 Å². The Kier molecular flexibility index (Phi) is 6.94. The van der Waals surface area contributed by atoms with Gasteiger partial charge in [-0.3, -0.25) is 4.79 Å². The summed E-state index contributed by atoms with van der Waals surface area (Å²) in [6, 6.07) is 9.05. The van der Waals surface area contributed by atoms with E-state index in [9.17, 15) is 26.4 Å². The molecule has 1 N–H and O–H groups in total. The van der Waals surface area contributed by atoms with Crippen LogP contribution in [0.4, 0.5) is 18.9 Å². The van der Waals surface area contributed by atoms with Gasteiger partial charge in [0.25, 0.3) is 0 Å². The highest BCUT2D eigenvalue weighted by Crippen LogP contribution is 2.31. The van der Waals surface area contributed by atoms with Gasteiger partial charge in [-0.1, -0.05) is 6.07 Å². The number of aryl methyl sites for hydroxylation is 1. The highest BCUT2D eigenvalue weighted by molar-refractivity contribution is 7.89. The second-order valence-electron chi connectivity index (χ2n) is 8.14. The SMILES string of the molecule is Cc1ccc(S(=O)(=O)N2C(C)CN(c3ccc(OC(F)(F)F)cc3)CC2C)cc1CC(=O)O. The third kappa shape index (κ3) is 5.77. The number of anilines is 1. The van der Waals surface area contributed by atoms with Gasteiger partial charge in [0, 0.05) is 30.9 Å². The fourth-order valence-corrected chi connectivity index (χ4v) is 5.99. The zero-order chi connectivity index (χ0) is 24.6. The molecule has 1 fully saturated rings. The van der Waals surface area contributed by atoms with E-state index in [1.807, 2.05) is 4.90 Å². The molecule has 0 saturated carbocycles. The topological polar surface area (TPSA) is 87.2 Å². The van der Waals surface area contributed by atoms with Gasteiger partial charge in [-0.25, -0.2) is 8.42 Å². The molecule has 2 atom stereocenters. The van der Waals surface area contributed by atoms with Crippen molar-refractivity contribution >= 4 is 21.7 Å². The van der Waals surface area contributed by atoms with E-state index in [2.05, 4.69) is 4.74 Å². The van der Waals surface area contributed by atoms with E-state index >= 15 is 0 Å². The van der Waals surface area contributed by atoms with Gasteiger partial charge < -0.3 is 14.7 Å². The maximum Gasteiger partial charge on any atom is 0.573 e. The van der Waals surface area contributed by atoms with Crippen molar-refractivity contribution in [3.63, 3.8) is 0 Å². The first-order valence-electron chi connectivity index (χ1n) is 10.2. The summed E-state index contributed by atoms with van der Waals surface area (Å²) >= 11 is 0. The molecule has 0 aliphatic carbocycles. The lowest BCUT2D eigenvalue weighted by Gasteiger charge is -2.44. The van der Waals surface area contributed by atoms with Crippen LogP contribution in [-0.2, 0) is 21.2 Å². The van der Waals surface area contributed by atoms with Crippen molar-refractivity contribution in [1.82, 2.24) is 4.31 Å². The number of aliphatic carboxylic acids is 1. The number of carboxylic acids is 1. The molecule has 2 unspecified atom stereocenters. The summed E-state index contributed by atoms with van der Waals surface area (Å²) in [5.41, 5.74) is 1.78. The first-order chi connectivity index (χ1) is 15.3. The normalized spacial score (nSPS) is 20.0. The van der Waals surface area contributed by atoms with Crippen molar-refractivity contribution in [3.05, 3.63) is 53.6 Å². The number of sulfonamides is 1. The van der Waals surface area contributed by atoms with Crippen LogP contribution < -0.4 is 9.64 Å². The van der Waals surface area contributed by atoms with E-state index < -0.39 is 34.4 Å². The number of benzene rings is 2. The van der Waals surface area contributed by atoms with Crippen LogP contribution >= 0.6 is 0 Å². The first kappa shape index (κ1) is 24.8. The fourth-order valence-electron chi connectivity index (χ4n) is 4.13. The number of carboxylic acid groups (broad SMARTS) is 1. The van der Waals surface area contributed by atoms with Crippen LogP contribution in [0.15, 0.2) is 47.4 Å². The van der Waals surface area contributed by atoms with Crippen LogP contribution in [0, 0.1) is 6.92 Å². The number of nitrogens with zero attached hydrogens (tertiary/aromatic N) is 2. The Morgan fingerprint density at radius 2 is 1.67 bits per heavy atom. The molecule has 2 aromatic rings. The minimum atomic E-state index is -4.77. The zero-order valence-electron chi connectivity index (χ0n) is 18.3. The van der Waals surface area contributed by atoms with Crippen LogP contribution in [0.1, 0.15) is 25.0 Å². The van der Waals surface area contributed by atoms with E-state index in [-0.39, 0.29) is 17.1 Å². The van der Waals surface area contributed by atoms with Gasteiger partial charge >= 0.3 is 12.3 Å². The Balaban J connectivity index is 1.80. The van der Waals surface area contributed by atoms with Crippen molar-refractivity contribution in [1.29, 1.82) is 0 Å². The Hall–Kier alpha value is -2.79. The predicted molar refractivity (Wildman–Crippen MR) is 116 cm³/mol. The summed E-state index contributed by atoms with van der Waals surface area (Å²) in [6.07, 6.45) is -5.05. The molecule has 0 radical (unpaired) electrons. The quantitative estimate of drug-likeness (QED) is 0.668. The summed E-state index contributed by atoms with van der Waals surface area (Å²) in [4.78, 5) is 13.1. The van der Waals surface area contributed by atoms with Crippen LogP contribution in [-0.4, -0.2) is 55.3 Å². The molecule has 0 aromatic heterocycles. The smallest absolute Gasteiger partial charge is 0.481 e. The van der Waals surface area contributed by atoms with Gasteiger partial charge in [0.15, 0.2) is 0 Å². The lowest BCUT2D eigenvalue weighted by Crippen LogP contribution is -2.58. The molecule has 180 valence electrons. The largest absolute Gasteiger partial charge is 0.573 e. The Morgan fingerprint density at radius 3 is 2.18 bits per heavy atom. The van der Waals surface area contributed by atoms with E-state index in [0.717, 1.165) is 0 Å². The molecular weight excluding hydrogens is 461 g/mol. The van der Waals surface area contributed by atoms with Crippen LogP contribution in [0.25, 0.3) is 0 Å². The van der Waals surface area contributed by atoms with Crippen molar-refractivity contribution in [2.75, 3.05) is 18.0 Å². The number of hydrogen-bond donors (Lipinski definition) is 1. The summed E-state index contributed by atoms with van der Waals surface area (Å²) in [5.74, 6) is -1.38. The maximum absolute atomic E-state index is 13.4. The summed E-state index contributed by atoms with van der Waals surface area (Å²) in [7, 11) is -3.90. The molecule has 1 heterocycles. The molecule has 2 aromatic carbocycles. The van der Waals surface area contributed by atoms with Crippen molar-refractivity contribution in [2.24, 2.45) is 0 Å². The Morgan fingerprint density at radius 1 is 1.09 bits per heavy atom. The minimum absolute atomic E-state index is 0.0325. The lowest BCUT2D eigenvalue weighted by molar-refractivity contribution is -0.274. The average Bonchev–Trinajstić information content (AvgIpc) is 2.67. The molecule has 1 aliphatic rings. The van der Waals surface area contributed by atoms with Gasteiger partial charge in [-0.2, -0.15) is 4.31 Å². The predicted octanol–water partition coefficient (Wildman–Crippen LogP) is 3.81. The highest BCUT2D eigenvalue weighted by atomic mass is 32.2. The van der Waals surface area contributed by atoms with E-state index in [4.69, 9.17) is 5.11 Å². The van der Waals surface area contributed by atoms with Crippen molar-refractivity contribution in [3.8, 4) is 5.75 Å². The Bertz CT molecular complexity index is 1110. The fraction of sp³-hybridized carbons (Fsp3) is 0.409. The third-order valence-electron chi connectivity index (χ3n) is 5.51. The molecule has 0 spiro atoms. The van der Waals surface area contributed by atoms with Gasteiger partial charge in [0.05, 0.1) is 11.3 Å². The molecule has 33 heavy (non-hydrogen) atoms. The molecule has 1 aliphatic heterocycles. The standard InChI is InChI=1S/C22H25F3N2O5S/c1-14-4-9-20(10-17(14)11-21(28)29)33(30,31)27-15(2)12-26(13-16(27)3)18-5-7-19(8-6-18)32-22(23,24)25/h4-10,15-16H,11-13H2,1-3H3,(H,28,29). The number of piperazine rings is 1.